The van der Waals surface area contributed by atoms with Gasteiger partial charge in [-0.25, -0.2) is 0 Å². The van der Waals surface area contributed by atoms with Crippen LogP contribution in [0.1, 0.15) is 32.4 Å². The van der Waals surface area contributed by atoms with Gasteiger partial charge in [-0.05, 0) is 23.8 Å². The summed E-state index contributed by atoms with van der Waals surface area (Å²) >= 11 is 0. The second kappa shape index (κ2) is 5.63. The SMILES string of the molecule is CN1CCn2c(CNC(=O)c3ccc4c(c3)CCO4)nnc2C1=O. The number of hydrogen-bond acceptors (Lipinski definition) is 5. The molecule has 0 radical (unpaired) electrons. The summed E-state index contributed by atoms with van der Waals surface area (Å²) in [7, 11) is 1.74. The van der Waals surface area contributed by atoms with Crippen molar-refractivity contribution in [1.82, 2.24) is 25.0 Å². The minimum atomic E-state index is -0.179. The third kappa shape index (κ3) is 2.40. The van der Waals surface area contributed by atoms with E-state index in [0.717, 1.165) is 17.7 Å². The van der Waals surface area contributed by atoms with Crippen LogP contribution >= 0.6 is 0 Å². The summed E-state index contributed by atoms with van der Waals surface area (Å²) in [6, 6.07) is 5.43. The van der Waals surface area contributed by atoms with E-state index in [0.29, 0.717) is 36.9 Å². The summed E-state index contributed by atoms with van der Waals surface area (Å²) in [6.45, 7) is 2.13. The third-order valence-electron chi connectivity index (χ3n) is 4.38. The Bertz CT molecular complexity index is 829. The molecule has 8 heteroatoms. The molecule has 0 atom stereocenters. The summed E-state index contributed by atoms with van der Waals surface area (Å²) in [5, 5.41) is 10.8. The quantitative estimate of drug-likeness (QED) is 0.871. The second-order valence-electron chi connectivity index (χ2n) is 5.92. The van der Waals surface area contributed by atoms with Crippen LogP contribution in [0.2, 0.25) is 0 Å². The Balaban J connectivity index is 1.47. The molecule has 0 saturated carbocycles. The van der Waals surface area contributed by atoms with E-state index in [9.17, 15) is 9.59 Å². The van der Waals surface area contributed by atoms with Gasteiger partial charge in [-0.3, -0.25) is 9.59 Å². The zero-order valence-electron chi connectivity index (χ0n) is 13.3. The highest BCUT2D eigenvalue weighted by atomic mass is 16.5. The molecule has 2 aliphatic rings. The maximum Gasteiger partial charge on any atom is 0.291 e. The first kappa shape index (κ1) is 14.7. The Morgan fingerprint density at radius 3 is 3.08 bits per heavy atom. The van der Waals surface area contributed by atoms with Crippen molar-refractivity contribution in [3.8, 4) is 5.75 Å². The Morgan fingerprint density at radius 2 is 2.21 bits per heavy atom. The fourth-order valence-corrected chi connectivity index (χ4v) is 2.97. The fourth-order valence-electron chi connectivity index (χ4n) is 2.97. The number of nitrogens with zero attached hydrogens (tertiary/aromatic N) is 4. The average molecular weight is 327 g/mol. The number of nitrogens with one attached hydrogen (secondary N) is 1. The number of hydrogen-bond donors (Lipinski definition) is 1. The van der Waals surface area contributed by atoms with Crippen molar-refractivity contribution >= 4 is 11.8 Å². The Kier molecular flexibility index (Phi) is 3.44. The molecule has 1 N–H and O–H groups in total. The highest BCUT2D eigenvalue weighted by Gasteiger charge is 2.26. The Hall–Kier alpha value is -2.90. The molecular formula is C16H17N5O3. The molecule has 1 aromatic heterocycles. The van der Waals surface area contributed by atoms with E-state index in [-0.39, 0.29) is 18.4 Å². The van der Waals surface area contributed by atoms with Gasteiger partial charge in [0.2, 0.25) is 5.82 Å². The highest BCUT2D eigenvalue weighted by Crippen LogP contribution is 2.25. The smallest absolute Gasteiger partial charge is 0.291 e. The van der Waals surface area contributed by atoms with Crippen LogP contribution in [-0.4, -0.2) is 51.7 Å². The first-order valence-electron chi connectivity index (χ1n) is 7.85. The van der Waals surface area contributed by atoms with E-state index in [1.807, 2.05) is 12.1 Å². The van der Waals surface area contributed by atoms with Crippen LogP contribution < -0.4 is 10.1 Å². The predicted octanol–water partition coefficient (Wildman–Crippen LogP) is 0.229. The number of carbonyl (C=O) groups is 2. The molecule has 1 aromatic carbocycles. The van der Waals surface area contributed by atoms with Gasteiger partial charge in [0.25, 0.3) is 11.8 Å². The minimum absolute atomic E-state index is 0.148. The van der Waals surface area contributed by atoms with Crippen LogP contribution in [0.3, 0.4) is 0 Å². The number of ether oxygens (including phenoxy) is 1. The van der Waals surface area contributed by atoms with Crippen molar-refractivity contribution < 1.29 is 14.3 Å². The van der Waals surface area contributed by atoms with Crippen LogP contribution in [-0.2, 0) is 19.5 Å². The first-order chi connectivity index (χ1) is 11.6. The molecule has 0 spiro atoms. The van der Waals surface area contributed by atoms with E-state index < -0.39 is 0 Å². The number of amides is 2. The molecule has 0 saturated heterocycles. The molecule has 0 aliphatic carbocycles. The van der Waals surface area contributed by atoms with Gasteiger partial charge in [-0.15, -0.1) is 10.2 Å². The summed E-state index contributed by atoms with van der Waals surface area (Å²) in [5.74, 6) is 1.43. The van der Waals surface area contributed by atoms with Gasteiger partial charge in [0.15, 0.2) is 5.82 Å². The molecule has 3 heterocycles. The standard InChI is InChI=1S/C16H17N5O3/c1-20-5-6-21-13(18-19-14(21)16(20)23)9-17-15(22)11-2-3-12-10(8-11)4-7-24-12/h2-3,8H,4-7,9H2,1H3,(H,17,22). The number of likely N-dealkylation sites (N-methyl/N-ethyl adjacent to an activating group) is 1. The highest BCUT2D eigenvalue weighted by molar-refractivity contribution is 5.94. The van der Waals surface area contributed by atoms with Gasteiger partial charge in [0.05, 0.1) is 13.2 Å². The molecule has 124 valence electrons. The Morgan fingerprint density at radius 1 is 1.33 bits per heavy atom. The summed E-state index contributed by atoms with van der Waals surface area (Å²) in [6.07, 6.45) is 0.823. The lowest BCUT2D eigenvalue weighted by molar-refractivity contribution is 0.0740. The summed E-state index contributed by atoms with van der Waals surface area (Å²) in [5.41, 5.74) is 1.64. The molecule has 4 rings (SSSR count). The molecule has 0 bridgehead atoms. The largest absolute Gasteiger partial charge is 0.493 e. The number of carbonyl (C=O) groups excluding carboxylic acids is 2. The van der Waals surface area contributed by atoms with Crippen LogP contribution in [0.25, 0.3) is 0 Å². The molecular weight excluding hydrogens is 310 g/mol. The number of fused-ring (bicyclic) bond motifs is 2. The Labute approximate surface area is 138 Å². The van der Waals surface area contributed by atoms with E-state index in [2.05, 4.69) is 15.5 Å². The lowest BCUT2D eigenvalue weighted by Crippen LogP contribution is -2.38. The molecule has 24 heavy (non-hydrogen) atoms. The average Bonchev–Trinajstić information content (AvgIpc) is 3.22. The molecule has 2 aromatic rings. The maximum absolute atomic E-state index is 12.3. The van der Waals surface area contributed by atoms with Crippen molar-refractivity contribution in [3.63, 3.8) is 0 Å². The summed E-state index contributed by atoms with van der Waals surface area (Å²) in [4.78, 5) is 26.0. The lowest BCUT2D eigenvalue weighted by atomic mass is 10.1. The van der Waals surface area contributed by atoms with Crippen molar-refractivity contribution in [1.29, 1.82) is 0 Å². The van der Waals surface area contributed by atoms with Crippen LogP contribution in [0.15, 0.2) is 18.2 Å². The number of benzene rings is 1. The topological polar surface area (TPSA) is 89.3 Å². The zero-order chi connectivity index (χ0) is 16.7. The van der Waals surface area contributed by atoms with Crippen LogP contribution in [0.4, 0.5) is 0 Å². The number of rotatable bonds is 3. The van der Waals surface area contributed by atoms with Gasteiger partial charge < -0.3 is 19.5 Å². The maximum atomic E-state index is 12.3. The molecule has 2 amide bonds. The zero-order valence-corrected chi connectivity index (χ0v) is 13.3. The fraction of sp³-hybridized carbons (Fsp3) is 0.375. The van der Waals surface area contributed by atoms with Crippen molar-refractivity contribution in [2.75, 3.05) is 20.2 Å². The minimum Gasteiger partial charge on any atom is -0.493 e. The van der Waals surface area contributed by atoms with Gasteiger partial charge in [0.1, 0.15) is 5.75 Å². The van der Waals surface area contributed by atoms with E-state index >= 15 is 0 Å². The molecule has 0 unspecified atom stereocenters. The van der Waals surface area contributed by atoms with Crippen molar-refractivity contribution in [2.24, 2.45) is 0 Å². The van der Waals surface area contributed by atoms with Crippen LogP contribution in [0, 0.1) is 0 Å². The van der Waals surface area contributed by atoms with Gasteiger partial charge in [-0.1, -0.05) is 0 Å². The molecule has 0 fully saturated rings. The first-order valence-corrected chi connectivity index (χ1v) is 7.85. The normalized spacial score (nSPS) is 15.7. The number of aromatic nitrogens is 3. The van der Waals surface area contributed by atoms with Crippen molar-refractivity contribution in [2.45, 2.75) is 19.5 Å². The van der Waals surface area contributed by atoms with Crippen LogP contribution in [0.5, 0.6) is 5.75 Å². The summed E-state index contributed by atoms with van der Waals surface area (Å²) < 4.78 is 7.21. The predicted molar refractivity (Wildman–Crippen MR) is 83.8 cm³/mol. The van der Waals surface area contributed by atoms with Gasteiger partial charge >= 0.3 is 0 Å². The second-order valence-corrected chi connectivity index (χ2v) is 5.92. The third-order valence-corrected chi connectivity index (χ3v) is 4.38. The van der Waals surface area contributed by atoms with E-state index in [1.165, 1.54) is 0 Å². The van der Waals surface area contributed by atoms with Gasteiger partial charge in [0, 0.05) is 32.1 Å². The molecule has 8 nitrogen and oxygen atoms in total. The van der Waals surface area contributed by atoms with Gasteiger partial charge in [-0.2, -0.15) is 0 Å². The van der Waals surface area contributed by atoms with Crippen molar-refractivity contribution in [3.05, 3.63) is 41.0 Å². The molecule has 2 aliphatic heterocycles. The van der Waals surface area contributed by atoms with E-state index in [1.54, 1.807) is 22.6 Å². The lowest BCUT2D eigenvalue weighted by Gasteiger charge is -2.23. The van der Waals surface area contributed by atoms with E-state index in [4.69, 9.17) is 4.74 Å². The monoisotopic (exact) mass is 327 g/mol.